The molecule has 0 aromatic carbocycles. The van der Waals surface area contributed by atoms with Crippen molar-refractivity contribution in [1.29, 1.82) is 0 Å². The van der Waals surface area contributed by atoms with Gasteiger partial charge in [-0.15, -0.1) is 6.58 Å². The Balaban J connectivity index is 3.31. The predicted octanol–water partition coefficient (Wildman–Crippen LogP) is 4.50. The average molecular weight is 178 g/mol. The summed E-state index contributed by atoms with van der Waals surface area (Å²) in [5.74, 6) is 0.613. The number of hydrogen-bond acceptors (Lipinski definition) is 0. The van der Waals surface area contributed by atoms with E-state index < -0.39 is 0 Å². The molecule has 0 rings (SSSR count). The summed E-state index contributed by atoms with van der Waals surface area (Å²) >= 11 is 0. The molecule has 0 heterocycles. The summed E-state index contributed by atoms with van der Waals surface area (Å²) in [6, 6.07) is 0. The molecule has 0 aromatic rings. The molecule has 13 heavy (non-hydrogen) atoms. The Labute approximate surface area is 83.0 Å². The first kappa shape index (κ1) is 12.2. The fourth-order valence-electron chi connectivity index (χ4n) is 1.00. The van der Waals surface area contributed by atoms with E-state index in [-0.39, 0.29) is 0 Å². The van der Waals surface area contributed by atoms with E-state index in [4.69, 9.17) is 0 Å². The quantitative estimate of drug-likeness (QED) is 0.397. The fraction of sp³-hybridized carbons (Fsp3) is 0.538. The smallest absolute Gasteiger partial charge is 0.0230 e. The van der Waals surface area contributed by atoms with Crippen molar-refractivity contribution in [2.45, 2.75) is 39.5 Å². The summed E-state index contributed by atoms with van der Waals surface area (Å²) in [5, 5.41) is 0. The highest BCUT2D eigenvalue weighted by Crippen LogP contribution is 2.04. The first-order chi connectivity index (χ1) is 6.31. The minimum atomic E-state index is 0.613. The maximum atomic E-state index is 3.75. The lowest BCUT2D eigenvalue weighted by molar-refractivity contribution is 0.744. The van der Waals surface area contributed by atoms with E-state index in [0.29, 0.717) is 5.92 Å². The van der Waals surface area contributed by atoms with Crippen LogP contribution >= 0.6 is 0 Å². The zero-order valence-electron chi connectivity index (χ0n) is 9.00. The monoisotopic (exact) mass is 178 g/mol. The summed E-state index contributed by atoms with van der Waals surface area (Å²) in [6.45, 7) is 8.11. The fourth-order valence-corrected chi connectivity index (χ4v) is 1.00. The van der Waals surface area contributed by atoms with E-state index in [1.54, 1.807) is 0 Å². The Morgan fingerprint density at radius 1 is 1.08 bits per heavy atom. The van der Waals surface area contributed by atoms with Crippen LogP contribution in [0.15, 0.2) is 37.0 Å². The van der Waals surface area contributed by atoms with Crippen LogP contribution in [0.5, 0.6) is 0 Å². The zero-order chi connectivity index (χ0) is 9.94. The molecule has 0 aliphatic carbocycles. The molecule has 0 heteroatoms. The summed E-state index contributed by atoms with van der Waals surface area (Å²) in [4.78, 5) is 0. The molecule has 0 aliphatic rings. The molecule has 1 unspecified atom stereocenters. The molecule has 0 bridgehead atoms. The molecule has 0 aliphatic heterocycles. The molecular weight excluding hydrogens is 156 g/mol. The third kappa shape index (κ3) is 9.13. The van der Waals surface area contributed by atoms with Crippen molar-refractivity contribution >= 4 is 0 Å². The normalized spacial score (nSPS) is 14.0. The molecule has 0 spiro atoms. The molecule has 1 atom stereocenters. The topological polar surface area (TPSA) is 0 Å². The Kier molecular flexibility index (Phi) is 8.75. The maximum Gasteiger partial charge on any atom is -0.0230 e. The van der Waals surface area contributed by atoms with Gasteiger partial charge in [-0.1, -0.05) is 44.2 Å². The second-order valence-corrected chi connectivity index (χ2v) is 3.38. The molecule has 0 aromatic heterocycles. The Hall–Kier alpha value is -0.780. The van der Waals surface area contributed by atoms with Gasteiger partial charge in [0.15, 0.2) is 0 Å². The van der Waals surface area contributed by atoms with Gasteiger partial charge in [0.05, 0.1) is 0 Å². The highest BCUT2D eigenvalue weighted by molar-refractivity contribution is 4.90. The predicted molar refractivity (Wildman–Crippen MR) is 61.8 cm³/mol. The van der Waals surface area contributed by atoms with E-state index in [9.17, 15) is 0 Å². The number of hydrogen-bond donors (Lipinski definition) is 0. The number of allylic oxidation sites excluding steroid dienone is 5. The van der Waals surface area contributed by atoms with Crippen LogP contribution in [-0.2, 0) is 0 Å². The van der Waals surface area contributed by atoms with Crippen LogP contribution in [-0.4, -0.2) is 0 Å². The largest absolute Gasteiger partial charge is 0.103 e. The van der Waals surface area contributed by atoms with Gasteiger partial charge in [-0.3, -0.25) is 0 Å². The summed E-state index contributed by atoms with van der Waals surface area (Å²) in [5.41, 5.74) is 0. The first-order valence-corrected chi connectivity index (χ1v) is 5.23. The van der Waals surface area contributed by atoms with Gasteiger partial charge in [-0.25, -0.2) is 0 Å². The average Bonchev–Trinajstić information content (AvgIpc) is 2.16. The van der Waals surface area contributed by atoms with Crippen LogP contribution < -0.4 is 0 Å². The van der Waals surface area contributed by atoms with E-state index in [2.05, 4.69) is 44.7 Å². The van der Waals surface area contributed by atoms with Gasteiger partial charge in [-0.2, -0.15) is 0 Å². The molecule has 74 valence electrons. The SMILES string of the molecule is C=CC(C)C/C=C/CC/C=C/CC. The van der Waals surface area contributed by atoms with Gasteiger partial charge in [-0.05, 0) is 31.6 Å². The van der Waals surface area contributed by atoms with Crippen LogP contribution in [0.3, 0.4) is 0 Å². The highest BCUT2D eigenvalue weighted by Gasteiger charge is 1.88. The highest BCUT2D eigenvalue weighted by atomic mass is 13.9. The molecule has 0 nitrogen and oxygen atoms in total. The third-order valence-corrected chi connectivity index (χ3v) is 1.98. The van der Waals surface area contributed by atoms with Crippen molar-refractivity contribution in [2.75, 3.05) is 0 Å². The van der Waals surface area contributed by atoms with Crippen LogP contribution in [0.1, 0.15) is 39.5 Å². The standard InChI is InChI=1S/C13H22/c1-4-6-7-8-9-10-11-12-13(3)5-2/h5-7,10-11,13H,2,4,8-9,12H2,1,3H3/b7-6+,11-10+. The van der Waals surface area contributed by atoms with Crippen molar-refractivity contribution in [3.8, 4) is 0 Å². The summed E-state index contributed by atoms with van der Waals surface area (Å²) in [6.07, 6.45) is 15.6. The second-order valence-electron chi connectivity index (χ2n) is 3.38. The number of rotatable bonds is 7. The van der Waals surface area contributed by atoms with Crippen LogP contribution in [0.25, 0.3) is 0 Å². The van der Waals surface area contributed by atoms with Gasteiger partial charge in [0.1, 0.15) is 0 Å². The summed E-state index contributed by atoms with van der Waals surface area (Å²) < 4.78 is 0. The minimum absolute atomic E-state index is 0.613. The maximum absolute atomic E-state index is 3.75. The van der Waals surface area contributed by atoms with Crippen molar-refractivity contribution < 1.29 is 0 Å². The second kappa shape index (κ2) is 9.31. The van der Waals surface area contributed by atoms with Crippen molar-refractivity contribution in [3.63, 3.8) is 0 Å². The molecule has 0 N–H and O–H groups in total. The summed E-state index contributed by atoms with van der Waals surface area (Å²) in [7, 11) is 0. The van der Waals surface area contributed by atoms with Crippen LogP contribution in [0.4, 0.5) is 0 Å². The first-order valence-electron chi connectivity index (χ1n) is 5.23. The van der Waals surface area contributed by atoms with Crippen molar-refractivity contribution in [2.24, 2.45) is 5.92 Å². The van der Waals surface area contributed by atoms with Gasteiger partial charge >= 0.3 is 0 Å². The lowest BCUT2D eigenvalue weighted by Crippen LogP contribution is -1.83. The van der Waals surface area contributed by atoms with Crippen molar-refractivity contribution in [3.05, 3.63) is 37.0 Å². The van der Waals surface area contributed by atoms with Crippen LogP contribution in [0, 0.1) is 5.92 Å². The van der Waals surface area contributed by atoms with Gasteiger partial charge in [0, 0.05) is 0 Å². The van der Waals surface area contributed by atoms with E-state index in [0.717, 1.165) is 12.8 Å². The minimum Gasteiger partial charge on any atom is -0.103 e. The zero-order valence-corrected chi connectivity index (χ0v) is 9.00. The molecule has 0 saturated carbocycles. The van der Waals surface area contributed by atoms with E-state index >= 15 is 0 Å². The molecular formula is C13H22. The lowest BCUT2D eigenvalue weighted by atomic mass is 10.1. The van der Waals surface area contributed by atoms with Crippen molar-refractivity contribution in [1.82, 2.24) is 0 Å². The lowest BCUT2D eigenvalue weighted by Gasteiger charge is -1.97. The number of unbranched alkanes of at least 4 members (excludes halogenated alkanes) is 1. The molecule has 0 radical (unpaired) electrons. The Morgan fingerprint density at radius 2 is 1.69 bits per heavy atom. The molecule has 0 saturated heterocycles. The third-order valence-electron chi connectivity index (χ3n) is 1.98. The van der Waals surface area contributed by atoms with E-state index in [1.165, 1.54) is 12.8 Å². The Morgan fingerprint density at radius 3 is 2.23 bits per heavy atom. The van der Waals surface area contributed by atoms with E-state index in [1.807, 2.05) is 6.08 Å². The molecule has 0 amide bonds. The van der Waals surface area contributed by atoms with Gasteiger partial charge < -0.3 is 0 Å². The Bertz CT molecular complexity index is 163. The van der Waals surface area contributed by atoms with Gasteiger partial charge in [0.25, 0.3) is 0 Å². The van der Waals surface area contributed by atoms with Crippen LogP contribution in [0.2, 0.25) is 0 Å². The molecule has 0 fully saturated rings. The van der Waals surface area contributed by atoms with Gasteiger partial charge in [0.2, 0.25) is 0 Å².